The predicted octanol–water partition coefficient (Wildman–Crippen LogP) is 5.00. The number of hydrogen-bond donors (Lipinski definition) is 1. The number of rotatable bonds is 9. The first-order valence-electron chi connectivity index (χ1n) is 11.5. The number of nitrogens with one attached hydrogen (secondary N) is 1. The van der Waals surface area contributed by atoms with Crippen LogP contribution in [0.25, 0.3) is 16.9 Å². The summed E-state index contributed by atoms with van der Waals surface area (Å²) in [6.07, 6.45) is 0.898. The molecule has 1 amide bonds. The zero-order chi connectivity index (χ0) is 24.9. The fourth-order valence-electron chi connectivity index (χ4n) is 4.05. The van der Waals surface area contributed by atoms with Crippen LogP contribution in [0, 0.1) is 13.8 Å². The van der Waals surface area contributed by atoms with Crippen molar-refractivity contribution in [3.05, 3.63) is 65.5 Å². The number of carbonyl (C=O) groups is 1. The second-order valence-electron chi connectivity index (χ2n) is 8.17. The fourth-order valence-corrected chi connectivity index (χ4v) is 4.05. The molecule has 0 bridgehead atoms. The number of benzene rings is 2. The molecule has 2 aromatic heterocycles. The second-order valence-corrected chi connectivity index (χ2v) is 8.17. The Bertz CT molecular complexity index is 1320. The Labute approximate surface area is 204 Å². The van der Waals surface area contributed by atoms with E-state index < -0.39 is 0 Å². The van der Waals surface area contributed by atoms with Crippen molar-refractivity contribution in [3.8, 4) is 28.5 Å². The second kappa shape index (κ2) is 10.5. The number of aromatic nitrogens is 3. The van der Waals surface area contributed by atoms with Crippen LogP contribution in [0.3, 0.4) is 0 Å². The third-order valence-corrected chi connectivity index (χ3v) is 5.86. The van der Waals surface area contributed by atoms with Crippen LogP contribution < -0.4 is 19.5 Å². The van der Waals surface area contributed by atoms with Gasteiger partial charge in [-0.25, -0.2) is 9.50 Å². The van der Waals surface area contributed by atoms with Crippen molar-refractivity contribution in [1.82, 2.24) is 14.6 Å². The highest BCUT2D eigenvalue weighted by Crippen LogP contribution is 2.30. The number of amides is 1. The van der Waals surface area contributed by atoms with E-state index in [0.717, 1.165) is 45.3 Å². The highest BCUT2D eigenvalue weighted by atomic mass is 16.5. The lowest BCUT2D eigenvalue weighted by molar-refractivity contribution is -0.116. The van der Waals surface area contributed by atoms with Crippen LogP contribution in [0.2, 0.25) is 0 Å². The predicted molar refractivity (Wildman–Crippen MR) is 136 cm³/mol. The van der Waals surface area contributed by atoms with Crippen LogP contribution >= 0.6 is 0 Å². The molecule has 8 nitrogen and oxygen atoms in total. The lowest BCUT2D eigenvalue weighted by atomic mass is 10.1. The van der Waals surface area contributed by atoms with Gasteiger partial charge in [-0.15, -0.1) is 0 Å². The number of carbonyl (C=O) groups excluding carboxylic acids is 1. The molecule has 2 heterocycles. The van der Waals surface area contributed by atoms with Gasteiger partial charge in [-0.2, -0.15) is 5.10 Å². The molecule has 0 unspecified atom stereocenters. The molecule has 0 saturated heterocycles. The molecule has 182 valence electrons. The summed E-state index contributed by atoms with van der Waals surface area (Å²) in [4.78, 5) is 17.3. The Kier molecular flexibility index (Phi) is 7.19. The third kappa shape index (κ3) is 5.37. The zero-order valence-electron chi connectivity index (χ0n) is 20.7. The maximum absolute atomic E-state index is 12.6. The quantitative estimate of drug-likeness (QED) is 0.367. The minimum absolute atomic E-state index is 0.0577. The van der Waals surface area contributed by atoms with Crippen LogP contribution in [0.5, 0.6) is 17.2 Å². The maximum Gasteiger partial charge on any atom is 0.224 e. The van der Waals surface area contributed by atoms with E-state index in [1.54, 1.807) is 14.2 Å². The molecule has 2 aromatic carbocycles. The van der Waals surface area contributed by atoms with Gasteiger partial charge in [0, 0.05) is 41.2 Å². The maximum atomic E-state index is 12.6. The third-order valence-electron chi connectivity index (χ3n) is 5.86. The molecular formula is C27H30N4O4. The Morgan fingerprint density at radius 2 is 1.66 bits per heavy atom. The van der Waals surface area contributed by atoms with Crippen LogP contribution in [0.1, 0.15) is 30.3 Å². The van der Waals surface area contributed by atoms with Gasteiger partial charge in [0.25, 0.3) is 0 Å². The highest BCUT2D eigenvalue weighted by Gasteiger charge is 2.15. The van der Waals surface area contributed by atoms with Crippen LogP contribution in [0.15, 0.2) is 48.5 Å². The van der Waals surface area contributed by atoms with Crippen LogP contribution in [-0.2, 0) is 11.2 Å². The SMILES string of the molecule is CCOc1ccc(NC(=O)CCc2c(C)nc3cc(-c4cc(OC)cc(OC)c4)nn3c2C)cc1. The van der Waals surface area contributed by atoms with Gasteiger partial charge in [-0.3, -0.25) is 4.79 Å². The summed E-state index contributed by atoms with van der Waals surface area (Å²) in [5.74, 6) is 2.10. The summed E-state index contributed by atoms with van der Waals surface area (Å²) in [6, 6.07) is 15.0. The van der Waals surface area contributed by atoms with Crippen molar-refractivity contribution >= 4 is 17.2 Å². The standard InChI is InChI=1S/C27H30N4O4/c1-6-35-21-9-7-20(8-10-21)29-27(32)12-11-24-17(2)28-26-16-25(30-31(26)18(24)3)19-13-22(33-4)15-23(14-19)34-5/h7-10,13-16H,6,11-12H2,1-5H3,(H,29,32). The Hall–Kier alpha value is -4.07. The first-order valence-corrected chi connectivity index (χ1v) is 11.5. The molecule has 0 radical (unpaired) electrons. The van der Waals surface area contributed by atoms with Crippen molar-refractivity contribution < 1.29 is 19.0 Å². The Balaban J connectivity index is 1.52. The summed E-state index contributed by atoms with van der Waals surface area (Å²) in [5.41, 5.74) is 5.99. The summed E-state index contributed by atoms with van der Waals surface area (Å²) in [5, 5.41) is 7.73. The molecule has 0 fully saturated rings. The molecular weight excluding hydrogens is 444 g/mol. The van der Waals surface area contributed by atoms with E-state index in [1.807, 2.05) is 73.8 Å². The lowest BCUT2D eigenvalue weighted by Crippen LogP contribution is -2.14. The highest BCUT2D eigenvalue weighted by molar-refractivity contribution is 5.90. The molecule has 0 aliphatic carbocycles. The largest absolute Gasteiger partial charge is 0.497 e. The minimum Gasteiger partial charge on any atom is -0.497 e. The smallest absolute Gasteiger partial charge is 0.224 e. The van der Waals surface area contributed by atoms with Crippen molar-refractivity contribution in [2.75, 3.05) is 26.1 Å². The first kappa shape index (κ1) is 24.1. The van der Waals surface area contributed by atoms with E-state index in [0.29, 0.717) is 30.9 Å². The van der Waals surface area contributed by atoms with Gasteiger partial charge in [0.15, 0.2) is 5.65 Å². The molecule has 0 aliphatic rings. The minimum atomic E-state index is -0.0577. The average Bonchev–Trinajstić information content (AvgIpc) is 3.29. The van der Waals surface area contributed by atoms with Crippen LogP contribution in [-0.4, -0.2) is 41.3 Å². The van der Waals surface area contributed by atoms with E-state index in [1.165, 1.54) is 0 Å². The zero-order valence-corrected chi connectivity index (χ0v) is 20.7. The first-order chi connectivity index (χ1) is 16.9. The molecule has 35 heavy (non-hydrogen) atoms. The molecule has 8 heteroatoms. The normalized spacial score (nSPS) is 10.9. The van der Waals surface area contributed by atoms with Crippen molar-refractivity contribution in [1.29, 1.82) is 0 Å². The summed E-state index contributed by atoms with van der Waals surface area (Å²) < 4.78 is 18.1. The molecule has 0 aliphatic heterocycles. The van der Waals surface area contributed by atoms with E-state index in [-0.39, 0.29) is 5.91 Å². The van der Waals surface area contributed by atoms with Gasteiger partial charge in [-0.05, 0) is 69.2 Å². The van der Waals surface area contributed by atoms with Crippen molar-refractivity contribution in [2.45, 2.75) is 33.6 Å². The van der Waals surface area contributed by atoms with Gasteiger partial charge in [0.05, 0.1) is 26.5 Å². The fraction of sp³-hybridized carbons (Fsp3) is 0.296. The van der Waals surface area contributed by atoms with Crippen LogP contribution in [0.4, 0.5) is 5.69 Å². The molecule has 0 spiro atoms. The Morgan fingerprint density at radius 1 is 0.971 bits per heavy atom. The van der Waals surface area contributed by atoms with E-state index in [4.69, 9.17) is 24.3 Å². The van der Waals surface area contributed by atoms with Gasteiger partial charge < -0.3 is 19.5 Å². The molecule has 0 atom stereocenters. The molecule has 1 N–H and O–H groups in total. The molecule has 4 rings (SSSR count). The molecule has 0 saturated carbocycles. The van der Waals surface area contributed by atoms with Gasteiger partial charge >= 0.3 is 0 Å². The van der Waals surface area contributed by atoms with E-state index >= 15 is 0 Å². The number of methoxy groups -OCH3 is 2. The number of hydrogen-bond acceptors (Lipinski definition) is 6. The molecule has 4 aromatic rings. The number of ether oxygens (including phenoxy) is 3. The average molecular weight is 475 g/mol. The van der Waals surface area contributed by atoms with Gasteiger partial charge in [-0.1, -0.05) is 0 Å². The van der Waals surface area contributed by atoms with Gasteiger partial charge in [0.1, 0.15) is 17.2 Å². The van der Waals surface area contributed by atoms with Crippen molar-refractivity contribution in [2.24, 2.45) is 0 Å². The number of fused-ring (bicyclic) bond motifs is 1. The van der Waals surface area contributed by atoms with E-state index in [9.17, 15) is 4.79 Å². The van der Waals surface area contributed by atoms with E-state index in [2.05, 4.69) is 5.32 Å². The monoisotopic (exact) mass is 474 g/mol. The summed E-state index contributed by atoms with van der Waals surface area (Å²) >= 11 is 0. The Morgan fingerprint density at radius 3 is 2.29 bits per heavy atom. The summed E-state index contributed by atoms with van der Waals surface area (Å²) in [7, 11) is 3.24. The lowest BCUT2D eigenvalue weighted by Gasteiger charge is -2.11. The number of aryl methyl sites for hydroxylation is 2. The topological polar surface area (TPSA) is 87.0 Å². The number of anilines is 1. The van der Waals surface area contributed by atoms with Crippen molar-refractivity contribution in [3.63, 3.8) is 0 Å². The van der Waals surface area contributed by atoms with Gasteiger partial charge in [0.2, 0.25) is 5.91 Å². The summed E-state index contributed by atoms with van der Waals surface area (Å²) in [6.45, 7) is 6.51. The number of nitrogens with zero attached hydrogens (tertiary/aromatic N) is 3.